The monoisotopic (exact) mass is 337 g/mol. The molecule has 23 heavy (non-hydrogen) atoms. The highest BCUT2D eigenvalue weighted by Crippen LogP contribution is 2.24. The Morgan fingerprint density at radius 3 is 2.83 bits per heavy atom. The summed E-state index contributed by atoms with van der Waals surface area (Å²) in [5.41, 5.74) is 0.691. The van der Waals surface area contributed by atoms with Gasteiger partial charge < -0.3 is 15.4 Å². The minimum absolute atomic E-state index is 0.132. The molecule has 0 atom stereocenters. The quantitative estimate of drug-likeness (QED) is 0.640. The van der Waals surface area contributed by atoms with Gasteiger partial charge in [-0.25, -0.2) is 0 Å². The summed E-state index contributed by atoms with van der Waals surface area (Å²) in [4.78, 5) is 25.2. The van der Waals surface area contributed by atoms with Crippen molar-refractivity contribution in [3.8, 4) is 0 Å². The first kappa shape index (κ1) is 16.9. The number of benzene rings is 1. The molecule has 0 aliphatic carbocycles. The number of aromatic nitrogens is 3. The minimum atomic E-state index is -0.712. The van der Waals surface area contributed by atoms with Crippen molar-refractivity contribution in [1.29, 1.82) is 0 Å². The second kappa shape index (κ2) is 6.74. The van der Waals surface area contributed by atoms with Gasteiger partial charge in [0.15, 0.2) is 0 Å². The third-order valence-corrected chi connectivity index (χ3v) is 3.56. The second-order valence-corrected chi connectivity index (χ2v) is 6.11. The molecule has 1 amide bonds. The Balaban J connectivity index is 1.93. The summed E-state index contributed by atoms with van der Waals surface area (Å²) in [6, 6.07) is 7.44. The van der Waals surface area contributed by atoms with Crippen LogP contribution in [0.15, 0.2) is 30.6 Å². The van der Waals surface area contributed by atoms with Gasteiger partial charge in [0.2, 0.25) is 12.2 Å². The molecular weight excluding hydrogens is 322 g/mol. The number of nitrogens with zero attached hydrogens (tertiary/aromatic N) is 4. The van der Waals surface area contributed by atoms with Crippen molar-refractivity contribution >= 4 is 23.5 Å². The third-order valence-electron chi connectivity index (χ3n) is 3.33. The lowest BCUT2D eigenvalue weighted by atomic mass is 9.84. The third kappa shape index (κ3) is 4.49. The zero-order chi connectivity index (χ0) is 17.0. The zero-order valence-corrected chi connectivity index (χ0v) is 13.4. The van der Waals surface area contributed by atoms with Crippen LogP contribution in [0.1, 0.15) is 19.4 Å². The minimum Gasteiger partial charge on any atom is -0.390 e. The SMILES string of the molecule is CC(C)(CNC(=O)Cn1cnc([N+](=O)[O-])n1)c1cccc(Cl)c1. The fourth-order valence-electron chi connectivity index (χ4n) is 1.98. The number of hydrogen-bond acceptors (Lipinski definition) is 5. The van der Waals surface area contributed by atoms with Crippen LogP contribution in [-0.4, -0.2) is 32.1 Å². The molecule has 0 aliphatic rings. The molecule has 0 saturated heterocycles. The van der Waals surface area contributed by atoms with E-state index in [2.05, 4.69) is 15.4 Å². The van der Waals surface area contributed by atoms with Gasteiger partial charge in [-0.15, -0.1) is 0 Å². The molecule has 0 bridgehead atoms. The van der Waals surface area contributed by atoms with Crippen LogP contribution in [0.2, 0.25) is 5.02 Å². The average Bonchev–Trinajstić information content (AvgIpc) is 2.94. The summed E-state index contributed by atoms with van der Waals surface area (Å²) in [7, 11) is 0. The number of nitro groups is 1. The number of carbonyl (C=O) groups excluding carboxylic acids is 1. The summed E-state index contributed by atoms with van der Waals surface area (Å²) in [5, 5.41) is 17.5. The average molecular weight is 338 g/mol. The predicted octanol–water partition coefficient (Wildman–Crippen LogP) is 1.93. The fraction of sp³-hybridized carbons (Fsp3) is 0.357. The molecule has 1 N–H and O–H groups in total. The fourth-order valence-corrected chi connectivity index (χ4v) is 2.17. The van der Waals surface area contributed by atoms with Crippen LogP contribution in [0.5, 0.6) is 0 Å². The van der Waals surface area contributed by atoms with Crippen molar-refractivity contribution < 1.29 is 9.72 Å². The van der Waals surface area contributed by atoms with Gasteiger partial charge in [0, 0.05) is 22.1 Å². The van der Waals surface area contributed by atoms with Crippen molar-refractivity contribution in [1.82, 2.24) is 20.1 Å². The highest BCUT2D eigenvalue weighted by atomic mass is 35.5. The topological polar surface area (TPSA) is 103 Å². The highest BCUT2D eigenvalue weighted by Gasteiger charge is 2.22. The lowest BCUT2D eigenvalue weighted by Gasteiger charge is -2.25. The molecular formula is C14H16ClN5O3. The van der Waals surface area contributed by atoms with Crippen LogP contribution in [0, 0.1) is 10.1 Å². The lowest BCUT2D eigenvalue weighted by Crippen LogP contribution is -2.38. The van der Waals surface area contributed by atoms with Gasteiger partial charge in [0.05, 0.1) is 0 Å². The number of carbonyl (C=O) groups is 1. The molecule has 0 unspecified atom stereocenters. The second-order valence-electron chi connectivity index (χ2n) is 5.67. The number of amides is 1. The molecule has 1 heterocycles. The summed E-state index contributed by atoms with van der Waals surface area (Å²) in [6.07, 6.45) is 1.15. The van der Waals surface area contributed by atoms with Gasteiger partial charge in [-0.05, 0) is 22.6 Å². The van der Waals surface area contributed by atoms with Crippen LogP contribution in [0.3, 0.4) is 0 Å². The molecule has 0 spiro atoms. The summed E-state index contributed by atoms with van der Waals surface area (Å²) >= 11 is 5.99. The molecule has 1 aromatic heterocycles. The highest BCUT2D eigenvalue weighted by molar-refractivity contribution is 6.30. The van der Waals surface area contributed by atoms with Crippen molar-refractivity contribution in [3.05, 3.63) is 51.3 Å². The number of hydrogen-bond donors (Lipinski definition) is 1. The van der Waals surface area contributed by atoms with Gasteiger partial charge in [-0.2, -0.15) is 4.68 Å². The maximum atomic E-state index is 11.9. The van der Waals surface area contributed by atoms with Crippen LogP contribution in [0.4, 0.5) is 5.95 Å². The van der Waals surface area contributed by atoms with E-state index in [4.69, 9.17) is 11.6 Å². The molecule has 122 valence electrons. The van der Waals surface area contributed by atoms with E-state index in [0.29, 0.717) is 11.6 Å². The summed E-state index contributed by atoms with van der Waals surface area (Å²) in [5.74, 6) is -0.836. The molecule has 0 radical (unpaired) electrons. The molecule has 1 aromatic carbocycles. The van der Waals surface area contributed by atoms with E-state index in [-0.39, 0.29) is 17.9 Å². The Morgan fingerprint density at radius 2 is 2.22 bits per heavy atom. The maximum absolute atomic E-state index is 11.9. The molecule has 0 saturated carbocycles. The van der Waals surface area contributed by atoms with Crippen LogP contribution < -0.4 is 5.32 Å². The van der Waals surface area contributed by atoms with Crippen LogP contribution >= 0.6 is 11.6 Å². The van der Waals surface area contributed by atoms with E-state index in [1.807, 2.05) is 32.0 Å². The van der Waals surface area contributed by atoms with Gasteiger partial charge in [-0.3, -0.25) is 4.79 Å². The summed E-state index contributed by atoms with van der Waals surface area (Å²) < 4.78 is 1.12. The lowest BCUT2D eigenvalue weighted by molar-refractivity contribution is -0.394. The van der Waals surface area contributed by atoms with E-state index >= 15 is 0 Å². The van der Waals surface area contributed by atoms with Gasteiger partial charge >= 0.3 is 5.95 Å². The Kier molecular flexibility index (Phi) is 4.95. The van der Waals surface area contributed by atoms with Gasteiger partial charge in [-0.1, -0.05) is 42.6 Å². The van der Waals surface area contributed by atoms with Gasteiger partial charge in [0.25, 0.3) is 0 Å². The maximum Gasteiger partial charge on any atom is 0.490 e. The number of nitrogens with one attached hydrogen (secondary N) is 1. The largest absolute Gasteiger partial charge is 0.490 e. The Labute approximate surface area is 137 Å². The van der Waals surface area contributed by atoms with Crippen molar-refractivity contribution in [2.45, 2.75) is 25.8 Å². The van der Waals surface area contributed by atoms with E-state index in [0.717, 1.165) is 16.6 Å². The zero-order valence-electron chi connectivity index (χ0n) is 12.7. The van der Waals surface area contributed by atoms with Crippen molar-refractivity contribution in [2.24, 2.45) is 0 Å². The molecule has 2 rings (SSSR count). The first-order chi connectivity index (χ1) is 10.8. The number of rotatable bonds is 6. The van der Waals surface area contributed by atoms with E-state index < -0.39 is 10.9 Å². The number of halogens is 1. The smallest absolute Gasteiger partial charge is 0.390 e. The molecule has 0 fully saturated rings. The molecule has 0 aliphatic heterocycles. The van der Waals surface area contributed by atoms with E-state index in [1.54, 1.807) is 6.07 Å². The van der Waals surface area contributed by atoms with Crippen LogP contribution in [0.25, 0.3) is 0 Å². The molecule has 2 aromatic rings. The Hall–Kier alpha value is -2.48. The van der Waals surface area contributed by atoms with Crippen LogP contribution in [-0.2, 0) is 16.8 Å². The predicted molar refractivity (Wildman–Crippen MR) is 84.2 cm³/mol. The first-order valence-electron chi connectivity index (χ1n) is 6.84. The first-order valence-corrected chi connectivity index (χ1v) is 7.22. The normalized spacial score (nSPS) is 11.3. The van der Waals surface area contributed by atoms with Gasteiger partial charge in [0.1, 0.15) is 6.54 Å². The van der Waals surface area contributed by atoms with E-state index in [9.17, 15) is 14.9 Å². The van der Waals surface area contributed by atoms with E-state index in [1.165, 1.54) is 0 Å². The Morgan fingerprint density at radius 1 is 1.48 bits per heavy atom. The molecule has 9 heteroatoms. The van der Waals surface area contributed by atoms with Crippen molar-refractivity contribution in [3.63, 3.8) is 0 Å². The summed E-state index contributed by atoms with van der Waals surface area (Å²) in [6.45, 7) is 4.23. The standard InChI is InChI=1S/C14H16ClN5O3/c1-14(2,10-4-3-5-11(15)6-10)8-16-12(21)7-19-9-17-13(18-19)20(22)23/h3-6,9H,7-8H2,1-2H3,(H,16,21). The Bertz CT molecular complexity index is 729. The van der Waals surface area contributed by atoms with Crippen molar-refractivity contribution in [2.75, 3.05) is 6.54 Å². The molecule has 8 nitrogen and oxygen atoms in total.